The minimum absolute atomic E-state index is 0. The van der Waals surface area contributed by atoms with Crippen LogP contribution in [0, 0.1) is 26.8 Å². The summed E-state index contributed by atoms with van der Waals surface area (Å²) in [5.74, 6) is 0. The first-order valence-electron chi connectivity index (χ1n) is 3.82. The van der Waals surface area contributed by atoms with E-state index in [0.717, 1.165) is 11.1 Å². The van der Waals surface area contributed by atoms with Crippen LogP contribution in [0.4, 0.5) is 0 Å². The van der Waals surface area contributed by atoms with Gasteiger partial charge in [-0.05, 0) is 0 Å². The first kappa shape index (κ1) is 33.2. The summed E-state index contributed by atoms with van der Waals surface area (Å²) in [6.07, 6.45) is 0. The van der Waals surface area contributed by atoms with Gasteiger partial charge in [-0.25, -0.2) is 0 Å². The summed E-state index contributed by atoms with van der Waals surface area (Å²) in [5.41, 5.74) is 2.28. The van der Waals surface area contributed by atoms with Gasteiger partial charge in [0.2, 0.25) is 0 Å². The number of nitrogens with one attached hydrogen (secondary N) is 1. The maximum Gasteiger partial charge on any atom is 1.00 e. The predicted octanol–water partition coefficient (Wildman–Crippen LogP) is -0.853. The molecule has 1 aromatic rings. The monoisotopic (exact) mass is 972 g/mol. The molecule has 0 aliphatic carbocycles. The molecule has 96 valence electrons. The van der Waals surface area contributed by atoms with Gasteiger partial charge < -0.3 is 5.14 Å². The van der Waals surface area contributed by atoms with E-state index in [4.69, 9.17) is 5.14 Å². The predicted molar refractivity (Wildman–Crippen MR) is 51.0 cm³/mol. The van der Waals surface area contributed by atoms with Gasteiger partial charge in [0.05, 0.1) is 10.0 Å². The molecule has 9 heteroatoms. The molecule has 1 rings (SSSR count). The maximum atomic E-state index is 11.0. The van der Waals surface area contributed by atoms with Gasteiger partial charge in [-0.2, -0.15) is 23.3 Å². The Hall–Kier alpha value is 3.52. The van der Waals surface area contributed by atoms with E-state index in [-0.39, 0.29) is 141 Å². The summed E-state index contributed by atoms with van der Waals surface area (Å²) >= 11 is 0. The van der Waals surface area contributed by atoms with E-state index >= 15 is 0 Å². The molecule has 0 bridgehead atoms. The molecule has 0 saturated carbocycles. The number of hydrogen-bond donors (Lipinski definition) is 0. The molecule has 3 nitrogen and oxygen atoms in total. The Morgan fingerprint density at radius 2 is 1.39 bits per heavy atom. The number of sulfonamides is 1. The summed E-state index contributed by atoms with van der Waals surface area (Å²) in [6, 6.07) is 4.43. The molecule has 0 aromatic heterocycles. The Morgan fingerprint density at radius 3 is 1.72 bits per heavy atom. The van der Waals surface area contributed by atoms with Crippen molar-refractivity contribution < 1.29 is 144 Å². The fourth-order valence-electron chi connectivity index (χ4n) is 1.13. The summed E-state index contributed by atoms with van der Waals surface area (Å²) < 4.78 is 21.9. The van der Waals surface area contributed by atoms with Crippen molar-refractivity contribution in [2.45, 2.75) is 25.7 Å². The first-order chi connectivity index (χ1) is 5.82. The molecule has 0 unspecified atom stereocenters. The van der Waals surface area contributed by atoms with E-state index in [1.54, 1.807) is 13.8 Å². The summed E-state index contributed by atoms with van der Waals surface area (Å²) in [6.45, 7) is 5.32. The second-order valence-corrected chi connectivity index (χ2v) is 4.52. The standard InChI is InChI=1S/C9H11NO2S.K.4W/c1-6-4-8(3)9(5-7(6)2)13(10,11)12;;;;;/h5H,1-3H3,(H-,10,11,12);;;;;/q-2;+1;;;;. The third kappa shape index (κ3) is 10.3. The van der Waals surface area contributed by atoms with Gasteiger partial charge in [0, 0.05) is 84.3 Å². The van der Waals surface area contributed by atoms with Crippen molar-refractivity contribution in [3.63, 3.8) is 0 Å². The van der Waals surface area contributed by atoms with Crippen LogP contribution in [-0.2, 0) is 94.3 Å². The molecule has 0 amide bonds. The minimum atomic E-state index is -3.85. The zero-order chi connectivity index (χ0) is 10.2. The van der Waals surface area contributed by atoms with Crippen LogP contribution in [0.3, 0.4) is 0 Å². The third-order valence-corrected chi connectivity index (χ3v) is 2.98. The normalized spacial score (nSPS) is 8.44. The fourth-order valence-corrected chi connectivity index (χ4v) is 1.92. The largest absolute Gasteiger partial charge is 1.00 e. The van der Waals surface area contributed by atoms with E-state index in [1.165, 1.54) is 6.07 Å². The van der Waals surface area contributed by atoms with Crippen LogP contribution in [0.5, 0.6) is 0 Å². The minimum Gasteiger partial charge on any atom is -0.571 e. The Balaban J connectivity index is -0.000000113. The molecular formula is C9H11KNO2SW4-. The van der Waals surface area contributed by atoms with Crippen molar-refractivity contribution in [1.82, 2.24) is 0 Å². The average Bonchev–Trinajstić information content (AvgIpc) is 1.94. The topological polar surface area (TPSA) is 57.9 Å². The van der Waals surface area contributed by atoms with E-state index in [1.807, 2.05) is 6.92 Å². The molecule has 0 heterocycles. The van der Waals surface area contributed by atoms with E-state index in [9.17, 15) is 8.42 Å². The van der Waals surface area contributed by atoms with E-state index in [2.05, 4.69) is 6.07 Å². The molecule has 0 fully saturated rings. The van der Waals surface area contributed by atoms with Crippen LogP contribution < -0.4 is 51.4 Å². The van der Waals surface area contributed by atoms with Crippen molar-refractivity contribution in [3.05, 3.63) is 34.0 Å². The molecule has 0 atom stereocenters. The van der Waals surface area contributed by atoms with Crippen LogP contribution >= 0.6 is 0 Å². The SMILES string of the molecule is Cc1[c-]c(C)c(S([NH-])(=O)=O)cc1C.[K+].[W].[W].[W].[W]. The first-order valence-corrected chi connectivity index (χ1v) is 5.30. The van der Waals surface area contributed by atoms with Gasteiger partial charge in [-0.3, -0.25) is 8.42 Å². The number of aryl methyl sites for hydroxylation is 3. The third-order valence-electron chi connectivity index (χ3n) is 1.97. The van der Waals surface area contributed by atoms with Crippen molar-refractivity contribution in [2.24, 2.45) is 0 Å². The van der Waals surface area contributed by atoms with Crippen LogP contribution in [-0.4, -0.2) is 8.42 Å². The Labute approximate surface area is 209 Å². The fraction of sp³-hybridized carbons (Fsp3) is 0.333. The molecule has 0 radical (unpaired) electrons. The molecule has 1 aromatic carbocycles. The van der Waals surface area contributed by atoms with Crippen LogP contribution in [0.25, 0.3) is 5.14 Å². The Bertz CT molecular complexity index is 454. The van der Waals surface area contributed by atoms with Crippen molar-refractivity contribution in [3.8, 4) is 0 Å². The average molecular weight is 972 g/mol. The molecule has 18 heavy (non-hydrogen) atoms. The summed E-state index contributed by atoms with van der Waals surface area (Å²) in [4.78, 5) is 0.0515. The zero-order valence-electron chi connectivity index (χ0n) is 10.4. The second kappa shape index (κ2) is 14.1. The second-order valence-electron chi connectivity index (χ2n) is 3.07. The molecule has 0 aliphatic heterocycles. The number of benzene rings is 1. The van der Waals surface area contributed by atoms with Crippen LogP contribution in [0.15, 0.2) is 11.0 Å². The molecule has 1 N–H and O–H groups in total. The molecule has 0 saturated heterocycles. The van der Waals surface area contributed by atoms with E-state index in [0.29, 0.717) is 5.56 Å². The van der Waals surface area contributed by atoms with Gasteiger partial charge in [-0.1, -0.05) is 25.7 Å². The van der Waals surface area contributed by atoms with Crippen LogP contribution in [0.2, 0.25) is 0 Å². The molecular weight excluding hydrogens is 961 g/mol. The Kier molecular flexibility index (Phi) is 26.1. The summed E-state index contributed by atoms with van der Waals surface area (Å²) in [5, 5.41) is 6.93. The van der Waals surface area contributed by atoms with Gasteiger partial charge in [-0.15, -0.1) is 5.56 Å². The number of rotatable bonds is 1. The number of hydrogen-bond acceptors (Lipinski definition) is 2. The van der Waals surface area contributed by atoms with Crippen molar-refractivity contribution >= 4 is 10.0 Å². The quantitative estimate of drug-likeness (QED) is 0.273. The van der Waals surface area contributed by atoms with Crippen LogP contribution in [0.1, 0.15) is 16.7 Å². The van der Waals surface area contributed by atoms with Gasteiger partial charge >= 0.3 is 51.4 Å². The maximum absolute atomic E-state index is 11.0. The Morgan fingerprint density at radius 1 is 1.00 bits per heavy atom. The van der Waals surface area contributed by atoms with E-state index < -0.39 is 10.0 Å². The van der Waals surface area contributed by atoms with Crippen molar-refractivity contribution in [1.29, 1.82) is 0 Å². The van der Waals surface area contributed by atoms with Gasteiger partial charge in [0.25, 0.3) is 0 Å². The van der Waals surface area contributed by atoms with Crippen molar-refractivity contribution in [2.75, 3.05) is 0 Å². The smallest absolute Gasteiger partial charge is 0.571 e. The summed E-state index contributed by atoms with van der Waals surface area (Å²) in [7, 11) is -3.85. The molecule has 0 aliphatic rings. The zero-order valence-corrected chi connectivity index (χ0v) is 26.1. The molecule has 0 spiro atoms. The van der Waals surface area contributed by atoms with Gasteiger partial charge in [0.15, 0.2) is 0 Å². The van der Waals surface area contributed by atoms with Gasteiger partial charge in [0.1, 0.15) is 0 Å².